The smallest absolute Gasteiger partial charge is 0.291 e. The summed E-state index contributed by atoms with van der Waals surface area (Å²) >= 11 is 8.83. The first-order chi connectivity index (χ1) is 13.8. The van der Waals surface area contributed by atoms with E-state index in [0.29, 0.717) is 21.6 Å². The van der Waals surface area contributed by atoms with E-state index in [0.717, 1.165) is 46.6 Å². The molecule has 4 rings (SSSR count). The first-order valence-corrected chi connectivity index (χ1v) is 11.3. The summed E-state index contributed by atoms with van der Waals surface area (Å²) in [6, 6.07) is 3.80. The van der Waals surface area contributed by atoms with Crippen molar-refractivity contribution < 1.29 is 13.2 Å². The predicted molar refractivity (Wildman–Crippen MR) is 112 cm³/mol. The van der Waals surface area contributed by atoms with Gasteiger partial charge in [0.1, 0.15) is 6.67 Å². The van der Waals surface area contributed by atoms with Crippen LogP contribution in [-0.4, -0.2) is 26.8 Å². The monoisotopic (exact) mass is 460 g/mol. The maximum atomic E-state index is 13.2. The van der Waals surface area contributed by atoms with Crippen LogP contribution in [0.4, 0.5) is 13.2 Å². The van der Waals surface area contributed by atoms with E-state index in [-0.39, 0.29) is 5.01 Å². The molecule has 0 aliphatic heterocycles. The average Bonchev–Trinajstić information content (AvgIpc) is 3.11. The van der Waals surface area contributed by atoms with Gasteiger partial charge in [0.2, 0.25) is 0 Å². The zero-order valence-corrected chi connectivity index (χ0v) is 18.3. The van der Waals surface area contributed by atoms with Crippen molar-refractivity contribution in [3.8, 4) is 10.7 Å². The lowest BCUT2D eigenvalue weighted by Gasteiger charge is -2.13. The fourth-order valence-corrected chi connectivity index (χ4v) is 5.20. The largest absolute Gasteiger partial charge is 0.311 e. The van der Waals surface area contributed by atoms with Crippen LogP contribution in [0, 0.1) is 5.92 Å². The van der Waals surface area contributed by atoms with E-state index in [9.17, 15) is 13.2 Å². The molecule has 156 valence electrons. The first kappa shape index (κ1) is 21.0. The number of fused-ring (bicyclic) bond motifs is 1. The minimum absolute atomic E-state index is 0.308. The molecule has 1 fully saturated rings. The molecule has 0 atom stereocenters. The molecular formula is C19H20ClF3N4S2. The van der Waals surface area contributed by atoms with E-state index in [1.54, 1.807) is 0 Å². The summed E-state index contributed by atoms with van der Waals surface area (Å²) < 4.78 is 44.2. The van der Waals surface area contributed by atoms with Crippen molar-refractivity contribution in [3.05, 3.63) is 33.9 Å². The van der Waals surface area contributed by atoms with E-state index >= 15 is 0 Å². The molecule has 0 amide bonds. The minimum atomic E-state index is -2.66. The van der Waals surface area contributed by atoms with Crippen LogP contribution in [0.3, 0.4) is 0 Å². The topological polar surface area (TPSA) is 42.2 Å². The zero-order valence-electron chi connectivity index (χ0n) is 15.9. The molecule has 0 bridgehead atoms. The van der Waals surface area contributed by atoms with Crippen LogP contribution in [0.1, 0.15) is 43.7 Å². The summed E-state index contributed by atoms with van der Waals surface area (Å²) in [5.41, 5.74) is 2.09. The Bertz CT molecular complexity index is 1030. The molecule has 0 radical (unpaired) electrons. The standard InChI is InChI=1S/C19H20ClF3N4S2/c1-10(2)5-11-6-14(17-24-25-18(28-17)16(22)23)27-8-12(7-13(20)15(11)27)29-26-19(9-21)3-4-19/h6-8,10,16,26H,3-5,9H2,1-2H3. The Morgan fingerprint density at radius 1 is 1.31 bits per heavy atom. The molecular weight excluding hydrogens is 441 g/mol. The van der Waals surface area contributed by atoms with Gasteiger partial charge in [0, 0.05) is 11.1 Å². The van der Waals surface area contributed by atoms with Crippen molar-refractivity contribution in [2.75, 3.05) is 6.67 Å². The second-order valence-corrected chi connectivity index (χ2v) is 10.1. The molecule has 3 aromatic rings. The molecule has 3 aromatic heterocycles. The maximum absolute atomic E-state index is 13.2. The molecule has 0 spiro atoms. The highest BCUT2D eigenvalue weighted by atomic mass is 35.5. The van der Waals surface area contributed by atoms with Crippen LogP contribution in [-0.2, 0) is 6.42 Å². The lowest BCUT2D eigenvalue weighted by atomic mass is 10.0. The number of aromatic nitrogens is 3. The van der Waals surface area contributed by atoms with E-state index in [4.69, 9.17) is 11.6 Å². The number of pyridine rings is 1. The van der Waals surface area contributed by atoms with Crippen molar-refractivity contribution in [2.24, 2.45) is 5.92 Å². The SMILES string of the molecule is CC(C)Cc1cc(-c2nnc(C(F)F)s2)n2cc(SNC3(CF)CC3)cc(Cl)c12. The van der Waals surface area contributed by atoms with Crippen LogP contribution in [0.5, 0.6) is 0 Å². The van der Waals surface area contributed by atoms with Gasteiger partial charge in [-0.3, -0.25) is 4.72 Å². The number of halogens is 4. The van der Waals surface area contributed by atoms with Crippen LogP contribution >= 0.6 is 34.9 Å². The molecule has 1 aliphatic carbocycles. The van der Waals surface area contributed by atoms with Gasteiger partial charge in [-0.05, 0) is 54.8 Å². The minimum Gasteiger partial charge on any atom is -0.311 e. The molecule has 1 N–H and O–H groups in total. The number of rotatable bonds is 8. The second kappa shape index (κ2) is 8.09. The van der Waals surface area contributed by atoms with Crippen molar-refractivity contribution in [1.82, 2.24) is 19.3 Å². The summed E-state index contributed by atoms with van der Waals surface area (Å²) in [6.45, 7) is 3.80. The molecule has 1 saturated carbocycles. The normalized spacial score (nSPS) is 15.7. The number of alkyl halides is 3. The first-order valence-electron chi connectivity index (χ1n) is 9.27. The Morgan fingerprint density at radius 2 is 2.07 bits per heavy atom. The highest BCUT2D eigenvalue weighted by Crippen LogP contribution is 2.40. The van der Waals surface area contributed by atoms with Gasteiger partial charge in [-0.15, -0.1) is 10.2 Å². The van der Waals surface area contributed by atoms with Gasteiger partial charge in [0.25, 0.3) is 6.43 Å². The average molecular weight is 461 g/mol. The Balaban J connectivity index is 1.77. The molecule has 0 saturated heterocycles. The number of hydrogen-bond donors (Lipinski definition) is 1. The van der Waals surface area contributed by atoms with Gasteiger partial charge in [-0.1, -0.05) is 36.8 Å². The maximum Gasteiger partial charge on any atom is 0.291 e. The van der Waals surface area contributed by atoms with E-state index in [1.807, 2.05) is 22.7 Å². The third-order valence-corrected chi connectivity index (χ3v) is 7.07. The predicted octanol–water partition coefficient (Wildman–Crippen LogP) is 6.35. The quantitative estimate of drug-likeness (QED) is 0.398. The Morgan fingerprint density at radius 3 is 2.66 bits per heavy atom. The lowest BCUT2D eigenvalue weighted by molar-refractivity contribution is 0.150. The van der Waals surface area contributed by atoms with Crippen LogP contribution in [0.25, 0.3) is 16.2 Å². The van der Waals surface area contributed by atoms with Crippen LogP contribution in [0.2, 0.25) is 5.02 Å². The second-order valence-electron chi connectivity index (χ2n) is 7.76. The van der Waals surface area contributed by atoms with E-state index in [1.165, 1.54) is 11.9 Å². The van der Waals surface area contributed by atoms with Gasteiger partial charge in [0.05, 0.1) is 21.8 Å². The van der Waals surface area contributed by atoms with Crippen LogP contribution in [0.15, 0.2) is 23.2 Å². The number of hydrogen-bond acceptors (Lipinski definition) is 5. The van der Waals surface area contributed by atoms with Gasteiger partial charge >= 0.3 is 0 Å². The molecule has 29 heavy (non-hydrogen) atoms. The fraction of sp³-hybridized carbons (Fsp3) is 0.474. The lowest BCUT2D eigenvalue weighted by Crippen LogP contribution is -2.27. The fourth-order valence-electron chi connectivity index (χ4n) is 3.16. The Labute approximate surface area is 180 Å². The third kappa shape index (κ3) is 4.28. The van der Waals surface area contributed by atoms with Crippen molar-refractivity contribution in [1.29, 1.82) is 0 Å². The summed E-state index contributed by atoms with van der Waals surface area (Å²) in [6.07, 6.45) is 1.63. The van der Waals surface area contributed by atoms with E-state index < -0.39 is 18.6 Å². The Kier molecular flexibility index (Phi) is 5.85. The number of nitrogens with zero attached hydrogens (tertiary/aromatic N) is 3. The molecule has 3 heterocycles. The van der Waals surface area contributed by atoms with Gasteiger partial charge < -0.3 is 4.40 Å². The Hall–Kier alpha value is -1.29. The molecule has 1 aliphatic rings. The number of nitrogens with one attached hydrogen (secondary N) is 1. The molecule has 4 nitrogen and oxygen atoms in total. The highest BCUT2D eigenvalue weighted by molar-refractivity contribution is 7.97. The van der Waals surface area contributed by atoms with Gasteiger partial charge in [0.15, 0.2) is 10.0 Å². The van der Waals surface area contributed by atoms with Gasteiger partial charge in [-0.25, -0.2) is 13.2 Å². The highest BCUT2D eigenvalue weighted by Gasteiger charge is 2.42. The van der Waals surface area contributed by atoms with Crippen molar-refractivity contribution >= 4 is 40.4 Å². The molecule has 0 aromatic carbocycles. The van der Waals surface area contributed by atoms with Crippen molar-refractivity contribution in [2.45, 2.75) is 50.0 Å². The van der Waals surface area contributed by atoms with Gasteiger partial charge in [-0.2, -0.15) is 0 Å². The van der Waals surface area contributed by atoms with Crippen molar-refractivity contribution in [3.63, 3.8) is 0 Å². The summed E-state index contributed by atoms with van der Waals surface area (Å²) in [5.74, 6) is 0.395. The van der Waals surface area contributed by atoms with Crippen LogP contribution < -0.4 is 4.72 Å². The summed E-state index contributed by atoms with van der Waals surface area (Å²) in [5, 5.41) is 8.25. The molecule has 0 unspecified atom stereocenters. The zero-order chi connectivity index (χ0) is 20.8. The molecule has 10 heteroatoms. The summed E-state index contributed by atoms with van der Waals surface area (Å²) in [4.78, 5) is 0.814. The third-order valence-electron chi connectivity index (χ3n) is 4.84. The summed E-state index contributed by atoms with van der Waals surface area (Å²) in [7, 11) is 0. The van der Waals surface area contributed by atoms with E-state index in [2.05, 4.69) is 28.8 Å².